The van der Waals surface area contributed by atoms with Gasteiger partial charge in [0.15, 0.2) is 11.9 Å². The van der Waals surface area contributed by atoms with Gasteiger partial charge in [0, 0.05) is 44.5 Å². The summed E-state index contributed by atoms with van der Waals surface area (Å²) in [6.45, 7) is 3.34. The predicted molar refractivity (Wildman–Crippen MR) is 105 cm³/mol. The van der Waals surface area contributed by atoms with Crippen molar-refractivity contribution in [2.45, 2.75) is 32.0 Å². The highest BCUT2D eigenvalue weighted by Crippen LogP contribution is 2.22. The highest BCUT2D eigenvalue weighted by Gasteiger charge is 2.23. The van der Waals surface area contributed by atoms with Crippen LogP contribution in [0.4, 0.5) is 0 Å². The van der Waals surface area contributed by atoms with Gasteiger partial charge in [0.1, 0.15) is 5.82 Å². The number of benzene rings is 1. The molecular weight excluding hydrogens is 354 g/mol. The summed E-state index contributed by atoms with van der Waals surface area (Å²) in [4.78, 5) is 18.8. The maximum atomic E-state index is 12.2. The number of rotatable bonds is 7. The van der Waals surface area contributed by atoms with Crippen LogP contribution in [-0.4, -0.2) is 48.2 Å². The van der Waals surface area contributed by atoms with Crippen molar-refractivity contribution in [3.63, 3.8) is 0 Å². The Bertz CT molecular complexity index is 947. The number of hydrogen-bond acceptors (Lipinski definition) is 5. The molecule has 0 radical (unpaired) electrons. The normalized spacial score (nSPS) is 15.4. The van der Waals surface area contributed by atoms with Gasteiger partial charge in [-0.1, -0.05) is 30.3 Å². The van der Waals surface area contributed by atoms with Gasteiger partial charge in [0.25, 0.3) is 0 Å². The molecule has 28 heavy (non-hydrogen) atoms. The molecule has 1 aliphatic rings. The first-order chi connectivity index (χ1) is 13.6. The fourth-order valence-corrected chi connectivity index (χ4v) is 3.67. The standard InChI is InChI=1S/C21H25N5O2/c1-24-11-9-22-21(24)20(28)18-14-17-15-25(12-13-26(17)23-18)10-5-8-19(27)16-6-3-2-4-7-16/h2-4,6-7,9,11,14,20,28H,5,8,10,12-13,15H2,1H3. The number of aromatic nitrogens is 4. The molecule has 7 nitrogen and oxygen atoms in total. The molecule has 0 saturated carbocycles. The molecule has 0 saturated heterocycles. The SMILES string of the molecule is Cn1ccnc1C(O)c1cc2n(n1)CCN(CCCC(=O)c1ccccc1)C2. The Kier molecular flexibility index (Phi) is 5.36. The fraction of sp³-hybridized carbons (Fsp3) is 0.381. The monoisotopic (exact) mass is 379 g/mol. The van der Waals surface area contributed by atoms with E-state index < -0.39 is 6.10 Å². The van der Waals surface area contributed by atoms with Gasteiger partial charge in [0.2, 0.25) is 0 Å². The zero-order valence-electron chi connectivity index (χ0n) is 16.0. The minimum Gasteiger partial charge on any atom is -0.379 e. The largest absolute Gasteiger partial charge is 0.379 e. The Hall–Kier alpha value is -2.77. The molecule has 1 aliphatic heterocycles. The predicted octanol–water partition coefficient (Wildman–Crippen LogP) is 2.18. The smallest absolute Gasteiger partial charge is 0.162 e. The van der Waals surface area contributed by atoms with E-state index in [-0.39, 0.29) is 5.78 Å². The van der Waals surface area contributed by atoms with Crippen LogP contribution in [0.1, 0.15) is 46.5 Å². The summed E-state index contributed by atoms with van der Waals surface area (Å²) in [5.41, 5.74) is 2.50. The number of imidazole rings is 1. The van der Waals surface area contributed by atoms with Crippen molar-refractivity contribution in [3.05, 3.63) is 71.6 Å². The minimum absolute atomic E-state index is 0.197. The molecule has 4 rings (SSSR count). The molecule has 0 spiro atoms. The number of hydrogen-bond donors (Lipinski definition) is 1. The fourth-order valence-electron chi connectivity index (χ4n) is 3.67. The number of aliphatic hydroxyl groups excluding tert-OH is 1. The molecule has 1 unspecified atom stereocenters. The maximum absolute atomic E-state index is 12.2. The van der Waals surface area contributed by atoms with E-state index >= 15 is 0 Å². The third-order valence-electron chi connectivity index (χ3n) is 5.25. The number of carbonyl (C=O) groups excluding carboxylic acids is 1. The summed E-state index contributed by atoms with van der Waals surface area (Å²) >= 11 is 0. The highest BCUT2D eigenvalue weighted by molar-refractivity contribution is 5.95. The molecule has 3 aromatic rings. The van der Waals surface area contributed by atoms with E-state index in [1.54, 1.807) is 10.8 Å². The zero-order valence-corrected chi connectivity index (χ0v) is 16.0. The molecule has 1 N–H and O–H groups in total. The maximum Gasteiger partial charge on any atom is 0.162 e. The van der Waals surface area contributed by atoms with Gasteiger partial charge in [-0.05, 0) is 19.0 Å². The number of Topliss-reactive ketones (excluding diaryl/α,β-unsaturated/α-hetero) is 1. The van der Waals surface area contributed by atoms with Gasteiger partial charge in [0.05, 0.1) is 17.9 Å². The Balaban J connectivity index is 1.33. The summed E-state index contributed by atoms with van der Waals surface area (Å²) in [7, 11) is 1.86. The first kappa shape index (κ1) is 18.6. The molecule has 2 aromatic heterocycles. The van der Waals surface area contributed by atoms with Crippen molar-refractivity contribution >= 4 is 5.78 Å². The van der Waals surface area contributed by atoms with Crippen molar-refractivity contribution in [2.75, 3.05) is 13.1 Å². The molecule has 7 heteroatoms. The summed E-state index contributed by atoms with van der Waals surface area (Å²) in [6, 6.07) is 11.4. The van der Waals surface area contributed by atoms with E-state index in [4.69, 9.17) is 0 Å². The van der Waals surface area contributed by atoms with E-state index in [0.717, 1.165) is 43.9 Å². The Labute approximate surface area is 164 Å². The number of nitrogens with zero attached hydrogens (tertiary/aromatic N) is 5. The van der Waals surface area contributed by atoms with Gasteiger partial charge < -0.3 is 9.67 Å². The molecule has 146 valence electrons. The van der Waals surface area contributed by atoms with Crippen molar-refractivity contribution in [2.24, 2.45) is 7.05 Å². The topological polar surface area (TPSA) is 76.2 Å². The van der Waals surface area contributed by atoms with Crippen LogP contribution in [-0.2, 0) is 20.1 Å². The number of aliphatic hydroxyl groups is 1. The van der Waals surface area contributed by atoms with Gasteiger partial charge in [-0.3, -0.25) is 14.4 Å². The van der Waals surface area contributed by atoms with Crippen molar-refractivity contribution in [1.82, 2.24) is 24.2 Å². The van der Waals surface area contributed by atoms with E-state index in [9.17, 15) is 9.90 Å². The van der Waals surface area contributed by atoms with E-state index in [1.165, 1.54) is 0 Å². The first-order valence-electron chi connectivity index (χ1n) is 9.64. The lowest BCUT2D eigenvalue weighted by Gasteiger charge is -2.27. The third kappa shape index (κ3) is 3.90. The van der Waals surface area contributed by atoms with Crippen LogP contribution in [0.5, 0.6) is 0 Å². The lowest BCUT2D eigenvalue weighted by Crippen LogP contribution is -2.34. The van der Waals surface area contributed by atoms with Crippen LogP contribution in [0.25, 0.3) is 0 Å². The van der Waals surface area contributed by atoms with E-state index in [1.807, 2.05) is 54.3 Å². The molecule has 1 atom stereocenters. The second kappa shape index (κ2) is 8.08. The van der Waals surface area contributed by atoms with Crippen LogP contribution >= 0.6 is 0 Å². The van der Waals surface area contributed by atoms with E-state index in [2.05, 4.69) is 15.0 Å². The van der Waals surface area contributed by atoms with E-state index in [0.29, 0.717) is 17.9 Å². The molecule has 3 heterocycles. The highest BCUT2D eigenvalue weighted by atomic mass is 16.3. The Morgan fingerprint density at radius 1 is 1.25 bits per heavy atom. The number of carbonyl (C=O) groups is 1. The summed E-state index contributed by atoms with van der Waals surface area (Å²) in [5, 5.41) is 15.1. The third-order valence-corrected chi connectivity index (χ3v) is 5.25. The van der Waals surface area contributed by atoms with Crippen molar-refractivity contribution in [3.8, 4) is 0 Å². The zero-order chi connectivity index (χ0) is 19.5. The molecule has 0 fully saturated rings. The molecular formula is C21H25N5O2. The average molecular weight is 379 g/mol. The van der Waals surface area contributed by atoms with Crippen LogP contribution in [0.3, 0.4) is 0 Å². The number of fused-ring (bicyclic) bond motifs is 1. The van der Waals surface area contributed by atoms with Crippen molar-refractivity contribution in [1.29, 1.82) is 0 Å². The summed E-state index contributed by atoms with van der Waals surface area (Å²) < 4.78 is 3.77. The molecule has 0 bridgehead atoms. The number of aryl methyl sites for hydroxylation is 1. The summed E-state index contributed by atoms with van der Waals surface area (Å²) in [6.07, 6.45) is 4.06. The second-order valence-electron chi connectivity index (χ2n) is 7.25. The van der Waals surface area contributed by atoms with Crippen molar-refractivity contribution < 1.29 is 9.90 Å². The van der Waals surface area contributed by atoms with Crippen LogP contribution in [0.15, 0.2) is 48.8 Å². The lowest BCUT2D eigenvalue weighted by molar-refractivity contribution is 0.0972. The second-order valence-corrected chi connectivity index (χ2v) is 7.25. The Morgan fingerprint density at radius 2 is 2.07 bits per heavy atom. The first-order valence-corrected chi connectivity index (χ1v) is 9.64. The average Bonchev–Trinajstić information content (AvgIpc) is 3.33. The van der Waals surface area contributed by atoms with Crippen LogP contribution < -0.4 is 0 Å². The van der Waals surface area contributed by atoms with Gasteiger partial charge in [-0.15, -0.1) is 0 Å². The van der Waals surface area contributed by atoms with Crippen LogP contribution in [0, 0.1) is 0 Å². The Morgan fingerprint density at radius 3 is 2.82 bits per heavy atom. The summed E-state index contributed by atoms with van der Waals surface area (Å²) in [5.74, 6) is 0.787. The molecule has 0 aliphatic carbocycles. The number of ketones is 1. The quantitative estimate of drug-likeness (QED) is 0.637. The molecule has 0 amide bonds. The molecule has 1 aromatic carbocycles. The minimum atomic E-state index is -0.824. The van der Waals surface area contributed by atoms with Crippen LogP contribution in [0.2, 0.25) is 0 Å². The van der Waals surface area contributed by atoms with Gasteiger partial charge in [-0.25, -0.2) is 4.98 Å². The lowest BCUT2D eigenvalue weighted by atomic mass is 10.1. The van der Waals surface area contributed by atoms with Gasteiger partial charge in [-0.2, -0.15) is 5.10 Å². The van der Waals surface area contributed by atoms with Gasteiger partial charge >= 0.3 is 0 Å².